The number of rotatable bonds is 7. The molecule has 152 valence electrons. The lowest BCUT2D eigenvalue weighted by atomic mass is 10.1. The molecule has 2 aromatic carbocycles. The summed E-state index contributed by atoms with van der Waals surface area (Å²) in [5.74, 6) is -1.04. The monoisotopic (exact) mass is 395 g/mol. The van der Waals surface area contributed by atoms with Gasteiger partial charge in [-0.3, -0.25) is 4.79 Å². The molecule has 0 spiro atoms. The maximum absolute atomic E-state index is 12.7. The summed E-state index contributed by atoms with van der Waals surface area (Å²) in [7, 11) is 0. The van der Waals surface area contributed by atoms with Crippen LogP contribution in [0.4, 0.5) is 5.69 Å². The van der Waals surface area contributed by atoms with Gasteiger partial charge in [-0.25, -0.2) is 4.79 Å². The van der Waals surface area contributed by atoms with Crippen LogP contribution in [0.2, 0.25) is 0 Å². The number of aryl methyl sites for hydroxylation is 2. The van der Waals surface area contributed by atoms with Crippen molar-refractivity contribution in [3.8, 4) is 0 Å². The molecule has 1 heterocycles. The standard InChI is InChI=1S/C23H25NO5/c1-5-27-13-18-17-8-6-7-9-20(17)29-21(18)23(26)28-16(4)22(25)24-19-12-14(2)10-11-15(19)3/h6-12,16H,5,13H2,1-4H3,(H,24,25)/t16-/m1/s1. The van der Waals surface area contributed by atoms with E-state index in [-0.39, 0.29) is 12.4 Å². The summed E-state index contributed by atoms with van der Waals surface area (Å²) in [6.45, 7) is 7.98. The molecule has 0 aliphatic heterocycles. The quantitative estimate of drug-likeness (QED) is 0.583. The highest BCUT2D eigenvalue weighted by Crippen LogP contribution is 2.27. The molecule has 6 nitrogen and oxygen atoms in total. The second kappa shape index (κ2) is 8.92. The summed E-state index contributed by atoms with van der Waals surface area (Å²) in [5, 5.41) is 3.60. The van der Waals surface area contributed by atoms with Gasteiger partial charge in [0.1, 0.15) is 5.58 Å². The fraction of sp³-hybridized carbons (Fsp3) is 0.304. The molecule has 0 unspecified atom stereocenters. The predicted octanol–water partition coefficient (Wildman–Crippen LogP) is 4.77. The van der Waals surface area contributed by atoms with Crippen LogP contribution in [0.25, 0.3) is 11.0 Å². The Bertz CT molecular complexity index is 1040. The number of hydrogen-bond donors (Lipinski definition) is 1. The molecule has 29 heavy (non-hydrogen) atoms. The van der Waals surface area contributed by atoms with Crippen molar-refractivity contribution in [3.63, 3.8) is 0 Å². The Labute approximate surface area is 169 Å². The molecule has 0 bridgehead atoms. The summed E-state index contributed by atoms with van der Waals surface area (Å²) in [4.78, 5) is 25.3. The van der Waals surface area contributed by atoms with Crippen LogP contribution in [0.5, 0.6) is 0 Å². The number of amides is 1. The number of furan rings is 1. The van der Waals surface area contributed by atoms with Crippen molar-refractivity contribution in [1.29, 1.82) is 0 Å². The van der Waals surface area contributed by atoms with Crippen LogP contribution in [0.1, 0.15) is 41.1 Å². The Morgan fingerprint density at radius 2 is 1.90 bits per heavy atom. The van der Waals surface area contributed by atoms with Gasteiger partial charge in [-0.05, 0) is 51.0 Å². The first kappa shape index (κ1) is 20.6. The second-order valence-corrected chi connectivity index (χ2v) is 6.90. The van der Waals surface area contributed by atoms with E-state index in [4.69, 9.17) is 13.9 Å². The summed E-state index contributed by atoms with van der Waals surface area (Å²) in [6.07, 6.45) is -0.990. The molecular weight excluding hydrogens is 370 g/mol. The first-order valence-corrected chi connectivity index (χ1v) is 9.58. The van der Waals surface area contributed by atoms with E-state index in [2.05, 4.69) is 5.32 Å². The number of hydrogen-bond acceptors (Lipinski definition) is 5. The molecule has 0 radical (unpaired) electrons. The van der Waals surface area contributed by atoms with Gasteiger partial charge in [0.2, 0.25) is 5.76 Å². The second-order valence-electron chi connectivity index (χ2n) is 6.90. The molecule has 0 saturated heterocycles. The molecule has 1 N–H and O–H groups in total. The zero-order valence-electron chi connectivity index (χ0n) is 17.1. The molecular formula is C23H25NO5. The number of ether oxygens (including phenoxy) is 2. The van der Waals surface area contributed by atoms with Crippen molar-refractivity contribution in [2.24, 2.45) is 0 Å². The molecule has 3 aromatic rings. The third-order valence-corrected chi connectivity index (χ3v) is 4.64. The minimum atomic E-state index is -0.990. The average Bonchev–Trinajstić information content (AvgIpc) is 3.07. The van der Waals surface area contributed by atoms with Gasteiger partial charge in [0, 0.05) is 23.2 Å². The van der Waals surface area contributed by atoms with E-state index in [1.165, 1.54) is 6.92 Å². The first-order chi connectivity index (χ1) is 13.9. The number of carbonyl (C=O) groups is 2. The van der Waals surface area contributed by atoms with Gasteiger partial charge < -0.3 is 19.2 Å². The number of nitrogens with one attached hydrogen (secondary N) is 1. The third-order valence-electron chi connectivity index (χ3n) is 4.64. The Hall–Kier alpha value is -3.12. The molecule has 1 amide bonds. The summed E-state index contributed by atoms with van der Waals surface area (Å²) < 4.78 is 16.6. The Balaban J connectivity index is 1.77. The zero-order chi connectivity index (χ0) is 21.0. The van der Waals surface area contributed by atoms with Crippen molar-refractivity contribution in [3.05, 3.63) is 64.9 Å². The van der Waals surface area contributed by atoms with E-state index in [1.54, 1.807) is 6.07 Å². The van der Waals surface area contributed by atoms with Gasteiger partial charge in [0.25, 0.3) is 5.91 Å². The summed E-state index contributed by atoms with van der Waals surface area (Å²) >= 11 is 0. The van der Waals surface area contributed by atoms with Crippen molar-refractivity contribution >= 4 is 28.5 Å². The van der Waals surface area contributed by atoms with Crippen LogP contribution >= 0.6 is 0 Å². The van der Waals surface area contributed by atoms with Gasteiger partial charge in [-0.15, -0.1) is 0 Å². The summed E-state index contributed by atoms with van der Waals surface area (Å²) in [5.41, 5.74) is 3.84. The molecule has 6 heteroatoms. The molecule has 1 aromatic heterocycles. The summed E-state index contributed by atoms with van der Waals surface area (Å²) in [6, 6.07) is 13.1. The molecule has 0 aliphatic carbocycles. The number of benzene rings is 2. The highest BCUT2D eigenvalue weighted by atomic mass is 16.6. The third kappa shape index (κ3) is 4.66. The van der Waals surface area contributed by atoms with E-state index < -0.39 is 18.0 Å². The van der Waals surface area contributed by atoms with Crippen molar-refractivity contribution in [2.75, 3.05) is 11.9 Å². The van der Waals surface area contributed by atoms with Crippen LogP contribution in [0, 0.1) is 13.8 Å². The zero-order valence-corrected chi connectivity index (χ0v) is 17.1. The number of carbonyl (C=O) groups excluding carboxylic acids is 2. The normalized spacial score (nSPS) is 12.0. The molecule has 1 atom stereocenters. The Morgan fingerprint density at radius 1 is 1.14 bits per heavy atom. The smallest absolute Gasteiger partial charge is 0.375 e. The SMILES string of the molecule is CCOCc1c(C(=O)O[C@H](C)C(=O)Nc2cc(C)ccc2C)oc2ccccc12. The average molecular weight is 395 g/mol. The fourth-order valence-corrected chi connectivity index (χ4v) is 2.98. The topological polar surface area (TPSA) is 77.8 Å². The minimum Gasteiger partial charge on any atom is -0.449 e. The Kier molecular flexibility index (Phi) is 6.34. The van der Waals surface area contributed by atoms with Crippen LogP contribution in [-0.2, 0) is 20.9 Å². The van der Waals surface area contributed by atoms with E-state index in [9.17, 15) is 9.59 Å². The number of para-hydroxylation sites is 1. The van der Waals surface area contributed by atoms with Crippen LogP contribution in [0.3, 0.4) is 0 Å². The van der Waals surface area contributed by atoms with Gasteiger partial charge in [-0.2, -0.15) is 0 Å². The lowest BCUT2D eigenvalue weighted by Crippen LogP contribution is -2.30. The lowest BCUT2D eigenvalue weighted by Gasteiger charge is -2.15. The molecule has 0 fully saturated rings. The van der Waals surface area contributed by atoms with Gasteiger partial charge in [-0.1, -0.05) is 30.3 Å². The van der Waals surface area contributed by atoms with Gasteiger partial charge >= 0.3 is 5.97 Å². The Morgan fingerprint density at radius 3 is 2.66 bits per heavy atom. The van der Waals surface area contributed by atoms with E-state index >= 15 is 0 Å². The highest BCUT2D eigenvalue weighted by molar-refractivity contribution is 5.99. The predicted molar refractivity (Wildman–Crippen MR) is 111 cm³/mol. The van der Waals surface area contributed by atoms with Crippen molar-refractivity contribution in [2.45, 2.75) is 40.4 Å². The van der Waals surface area contributed by atoms with Crippen LogP contribution in [-0.4, -0.2) is 24.6 Å². The van der Waals surface area contributed by atoms with Gasteiger partial charge in [0.05, 0.1) is 6.61 Å². The minimum absolute atomic E-state index is 0.0611. The number of esters is 1. The van der Waals surface area contributed by atoms with Crippen LogP contribution in [0.15, 0.2) is 46.9 Å². The van der Waals surface area contributed by atoms with Crippen molar-refractivity contribution in [1.82, 2.24) is 0 Å². The van der Waals surface area contributed by atoms with E-state index in [0.29, 0.717) is 23.4 Å². The van der Waals surface area contributed by atoms with E-state index in [0.717, 1.165) is 16.5 Å². The maximum atomic E-state index is 12.7. The first-order valence-electron chi connectivity index (χ1n) is 9.58. The molecule has 3 rings (SSSR count). The lowest BCUT2D eigenvalue weighted by molar-refractivity contribution is -0.123. The molecule has 0 aliphatic rings. The van der Waals surface area contributed by atoms with Crippen molar-refractivity contribution < 1.29 is 23.5 Å². The highest BCUT2D eigenvalue weighted by Gasteiger charge is 2.26. The van der Waals surface area contributed by atoms with Crippen LogP contribution < -0.4 is 5.32 Å². The largest absolute Gasteiger partial charge is 0.449 e. The fourth-order valence-electron chi connectivity index (χ4n) is 2.98. The number of fused-ring (bicyclic) bond motifs is 1. The van der Waals surface area contributed by atoms with E-state index in [1.807, 2.05) is 57.2 Å². The molecule has 0 saturated carbocycles. The number of anilines is 1. The van der Waals surface area contributed by atoms with Gasteiger partial charge in [0.15, 0.2) is 6.10 Å². The maximum Gasteiger partial charge on any atom is 0.375 e.